The lowest BCUT2D eigenvalue weighted by Crippen LogP contribution is -2.24. The minimum Gasteiger partial charge on any atom is -0.399 e. The van der Waals surface area contributed by atoms with Crippen molar-refractivity contribution in [1.82, 2.24) is 5.32 Å². The third-order valence-electron chi connectivity index (χ3n) is 5.39. The van der Waals surface area contributed by atoms with E-state index in [0.717, 1.165) is 12.8 Å². The summed E-state index contributed by atoms with van der Waals surface area (Å²) in [6.07, 6.45) is 2.26. The Morgan fingerprint density at radius 3 is 2.09 bits per heavy atom. The first-order chi connectivity index (χ1) is 16.1. The van der Waals surface area contributed by atoms with Gasteiger partial charge in [0.05, 0.1) is 14.9 Å². The number of anilines is 1. The van der Waals surface area contributed by atoms with Crippen molar-refractivity contribution in [3.63, 3.8) is 0 Å². The molecule has 0 spiro atoms. The summed E-state index contributed by atoms with van der Waals surface area (Å²) < 4.78 is 21.4. The van der Waals surface area contributed by atoms with Crippen LogP contribution < -0.4 is 16.2 Å². The van der Waals surface area contributed by atoms with Crippen LogP contribution in [0.25, 0.3) is 0 Å². The van der Waals surface area contributed by atoms with Gasteiger partial charge >= 0.3 is 0 Å². The molecule has 6 N–H and O–H groups in total. The maximum Gasteiger partial charge on any atom is 0.238 e. The van der Waals surface area contributed by atoms with E-state index < -0.39 is 10.0 Å². The molecule has 0 unspecified atom stereocenters. The van der Waals surface area contributed by atoms with Crippen LogP contribution in [0.1, 0.15) is 48.4 Å². The zero-order chi connectivity index (χ0) is 25.3. The van der Waals surface area contributed by atoms with E-state index in [4.69, 9.17) is 39.2 Å². The lowest BCUT2D eigenvalue weighted by Gasteiger charge is -2.32. The van der Waals surface area contributed by atoms with Crippen LogP contribution in [0.5, 0.6) is 0 Å². The van der Waals surface area contributed by atoms with Gasteiger partial charge in [-0.25, -0.2) is 13.6 Å². The number of sulfonamides is 1. The van der Waals surface area contributed by atoms with Gasteiger partial charge in [-0.2, -0.15) is 0 Å². The topological polar surface area (TPSA) is 118 Å². The summed E-state index contributed by atoms with van der Waals surface area (Å²) in [5.41, 5.74) is 9.90. The van der Waals surface area contributed by atoms with E-state index in [-0.39, 0.29) is 11.5 Å². The molecule has 0 heterocycles. The summed E-state index contributed by atoms with van der Waals surface area (Å²) >= 11 is 12.2. The Bertz CT molecular complexity index is 1170. The van der Waals surface area contributed by atoms with E-state index in [1.807, 2.05) is 19.2 Å². The third kappa shape index (κ3) is 7.70. The molecule has 184 valence electrons. The van der Waals surface area contributed by atoms with Crippen LogP contribution in [0.4, 0.5) is 5.69 Å². The number of hydrogen-bond donors (Lipinski definition) is 4. The smallest absolute Gasteiger partial charge is 0.238 e. The predicted octanol–water partition coefficient (Wildman–Crippen LogP) is 5.09. The lowest BCUT2D eigenvalue weighted by molar-refractivity contribution is 0.318. The summed E-state index contributed by atoms with van der Waals surface area (Å²) in [7, 11) is -1.55. The summed E-state index contributed by atoms with van der Waals surface area (Å²) in [6.45, 7) is 1.93. The fraction of sp³-hybridized carbons (Fsp3) is 0.280. The normalized spacial score (nSPS) is 16.9. The number of halogens is 2. The maximum atomic E-state index is 10.7. The van der Waals surface area contributed by atoms with Crippen LogP contribution in [-0.4, -0.2) is 27.2 Å². The van der Waals surface area contributed by atoms with Gasteiger partial charge in [0.25, 0.3) is 0 Å². The summed E-state index contributed by atoms with van der Waals surface area (Å²) in [5.74, 6) is 0.408. The van der Waals surface area contributed by atoms with E-state index in [9.17, 15) is 8.42 Å². The van der Waals surface area contributed by atoms with Crippen LogP contribution in [0, 0.1) is 0 Å². The molecule has 4 rings (SSSR count). The Morgan fingerprint density at radius 2 is 1.56 bits per heavy atom. The Hall–Kier alpha value is -2.13. The molecule has 9 heteroatoms. The highest BCUT2D eigenvalue weighted by molar-refractivity contribution is 7.89. The van der Waals surface area contributed by atoms with E-state index in [2.05, 4.69) is 35.6 Å². The molecule has 1 aliphatic rings. The molecule has 0 bridgehead atoms. The quantitative estimate of drug-likeness (QED) is 0.356. The second-order valence-electron chi connectivity index (χ2n) is 7.70. The van der Waals surface area contributed by atoms with Crippen molar-refractivity contribution in [1.29, 1.82) is 0 Å². The van der Waals surface area contributed by atoms with Gasteiger partial charge in [0.1, 0.15) is 0 Å². The molecule has 3 aromatic carbocycles. The molecule has 6 nitrogen and oxygen atoms in total. The van der Waals surface area contributed by atoms with E-state index >= 15 is 0 Å². The number of aliphatic hydroxyl groups is 1. The number of primary sulfonamides is 1. The number of nitrogens with two attached hydrogens (primary N) is 2. The minimum absolute atomic E-state index is 0.0756. The summed E-state index contributed by atoms with van der Waals surface area (Å²) in [5, 5.41) is 17.1. The molecule has 0 aliphatic heterocycles. The third-order valence-corrected chi connectivity index (χ3v) is 7.06. The van der Waals surface area contributed by atoms with Crippen molar-refractivity contribution in [2.75, 3.05) is 19.4 Å². The van der Waals surface area contributed by atoms with Gasteiger partial charge in [0.15, 0.2) is 0 Å². The molecule has 0 radical (unpaired) electrons. The molecule has 0 fully saturated rings. The molecule has 0 amide bonds. The first-order valence-electron chi connectivity index (χ1n) is 10.8. The van der Waals surface area contributed by atoms with Crippen molar-refractivity contribution in [2.45, 2.75) is 36.6 Å². The van der Waals surface area contributed by atoms with Crippen molar-refractivity contribution < 1.29 is 13.5 Å². The number of aliphatic hydroxyl groups excluding tert-OH is 1. The fourth-order valence-corrected chi connectivity index (χ4v) is 4.64. The van der Waals surface area contributed by atoms with Gasteiger partial charge in [-0.15, -0.1) is 0 Å². The monoisotopic (exact) mass is 523 g/mol. The Balaban J connectivity index is 0.000000247. The largest absolute Gasteiger partial charge is 0.399 e. The molecule has 34 heavy (non-hydrogen) atoms. The molecule has 0 saturated heterocycles. The molecule has 3 aromatic rings. The first kappa shape index (κ1) is 28.1. The lowest BCUT2D eigenvalue weighted by atomic mass is 9.77. The fourth-order valence-electron chi connectivity index (χ4n) is 3.82. The van der Waals surface area contributed by atoms with Gasteiger partial charge in [0.2, 0.25) is 10.0 Å². The zero-order valence-corrected chi connectivity index (χ0v) is 21.5. The van der Waals surface area contributed by atoms with Gasteiger partial charge in [-0.1, -0.05) is 53.5 Å². The van der Waals surface area contributed by atoms with Crippen molar-refractivity contribution >= 4 is 38.9 Å². The Labute approximate surface area is 211 Å². The van der Waals surface area contributed by atoms with Crippen LogP contribution in [0.2, 0.25) is 10.0 Å². The van der Waals surface area contributed by atoms with Gasteiger partial charge in [-0.3, -0.25) is 0 Å². The maximum absolute atomic E-state index is 10.7. The van der Waals surface area contributed by atoms with Crippen LogP contribution in [0.3, 0.4) is 0 Å². The highest BCUT2D eigenvalue weighted by Gasteiger charge is 2.27. The molecule has 0 aromatic heterocycles. The second kappa shape index (κ2) is 13.1. The second-order valence-corrected chi connectivity index (χ2v) is 10.1. The number of fused-ring (bicyclic) bond motifs is 1. The number of nitrogen functional groups attached to an aromatic ring is 1. The van der Waals surface area contributed by atoms with Crippen molar-refractivity contribution in [3.05, 3.63) is 93.5 Å². The average molecular weight is 525 g/mol. The Morgan fingerprint density at radius 1 is 0.971 bits per heavy atom. The summed E-state index contributed by atoms with van der Waals surface area (Å²) in [6, 6.07) is 20.8. The summed E-state index contributed by atoms with van der Waals surface area (Å²) in [4.78, 5) is 0.0756. The average Bonchev–Trinajstić information content (AvgIpc) is 2.81. The van der Waals surface area contributed by atoms with E-state index in [1.165, 1.54) is 41.0 Å². The minimum atomic E-state index is -3.58. The van der Waals surface area contributed by atoms with E-state index in [0.29, 0.717) is 27.7 Å². The van der Waals surface area contributed by atoms with Crippen molar-refractivity contribution in [2.24, 2.45) is 5.14 Å². The number of nitrogens with one attached hydrogen (secondary N) is 1. The Kier molecular flexibility index (Phi) is 10.8. The highest BCUT2D eigenvalue weighted by atomic mass is 35.5. The van der Waals surface area contributed by atoms with Crippen molar-refractivity contribution in [3.8, 4) is 0 Å². The van der Waals surface area contributed by atoms with Crippen LogP contribution in [0.15, 0.2) is 71.6 Å². The highest BCUT2D eigenvalue weighted by Crippen LogP contribution is 2.42. The van der Waals surface area contributed by atoms with Gasteiger partial charge in [0, 0.05) is 24.3 Å². The molecule has 0 saturated carbocycles. The standard InChI is InChI=1S/C17H17Cl2N.C6H8N2O2S.C2H6O/c1-20-17-9-7-12(13-4-2-3-5-14(13)17)11-6-8-15(18)16(19)10-11;7-5-1-3-6(4-2-5)11(8,9)10;1-2-3/h2-6,8,10,12,17,20H,7,9H2,1H3;1-4H,7H2,(H2,8,9,10);3H,2H2,1H3/t12-,17-;;/m0../s1. The van der Waals surface area contributed by atoms with Gasteiger partial charge < -0.3 is 16.2 Å². The number of benzene rings is 3. The number of hydrogen-bond acceptors (Lipinski definition) is 5. The van der Waals surface area contributed by atoms with E-state index in [1.54, 1.807) is 6.92 Å². The molecular weight excluding hydrogens is 493 g/mol. The first-order valence-corrected chi connectivity index (χ1v) is 13.1. The number of rotatable bonds is 3. The molecular formula is C25H31Cl2N3O3S. The van der Waals surface area contributed by atoms with Crippen LogP contribution >= 0.6 is 23.2 Å². The predicted molar refractivity (Wildman–Crippen MR) is 141 cm³/mol. The molecule has 1 aliphatic carbocycles. The SMILES string of the molecule is CCO.CN[C@H]1CC[C@@H](c2ccc(Cl)c(Cl)c2)c2ccccc21.Nc1ccc(S(N)(=O)=O)cc1. The van der Waals surface area contributed by atoms with Gasteiger partial charge in [-0.05, 0) is 79.9 Å². The zero-order valence-electron chi connectivity index (χ0n) is 19.2. The van der Waals surface area contributed by atoms with Crippen LogP contribution in [-0.2, 0) is 10.0 Å². The molecule has 2 atom stereocenters.